The van der Waals surface area contributed by atoms with E-state index in [1.807, 2.05) is 12.1 Å². The molecule has 0 aliphatic carbocycles. The van der Waals surface area contributed by atoms with Gasteiger partial charge < -0.3 is 4.74 Å². The molecule has 0 atom stereocenters. The van der Waals surface area contributed by atoms with Crippen molar-refractivity contribution < 1.29 is 4.74 Å². The van der Waals surface area contributed by atoms with E-state index in [2.05, 4.69) is 27.6 Å². The van der Waals surface area contributed by atoms with Gasteiger partial charge in [-0.05, 0) is 28.7 Å². The highest BCUT2D eigenvalue weighted by Gasteiger charge is 1.89. The average molecular weight is 271 g/mol. The summed E-state index contributed by atoms with van der Waals surface area (Å²) in [7, 11) is 1.61. The molecule has 0 bridgehead atoms. The number of methoxy groups -OCH3 is 1. The van der Waals surface area contributed by atoms with Gasteiger partial charge in [0.05, 0.1) is 7.11 Å². The molecule has 0 aliphatic heterocycles. The number of ether oxygens (including phenoxy) is 1. The van der Waals surface area contributed by atoms with Gasteiger partial charge in [-0.2, -0.15) is 0 Å². The number of halogens is 2. The first-order valence-corrected chi connectivity index (χ1v) is 3.56. The van der Waals surface area contributed by atoms with Gasteiger partial charge in [-0.1, -0.05) is 0 Å². The number of pyridine rings is 1. The number of aromatic nitrogens is 1. The molecule has 0 saturated carbocycles. The maximum Gasteiger partial charge on any atom is 0.213 e. The minimum atomic E-state index is 0. The van der Waals surface area contributed by atoms with Crippen LogP contribution in [0.1, 0.15) is 0 Å². The molecule has 1 aromatic rings. The maximum absolute atomic E-state index is 4.88. The van der Waals surface area contributed by atoms with Gasteiger partial charge in [0.1, 0.15) is 0 Å². The van der Waals surface area contributed by atoms with Crippen molar-refractivity contribution in [1.82, 2.24) is 4.98 Å². The van der Waals surface area contributed by atoms with Crippen LogP contribution in [0.25, 0.3) is 0 Å². The summed E-state index contributed by atoms with van der Waals surface area (Å²) < 4.78 is 6.02. The smallest absolute Gasteiger partial charge is 0.213 e. The lowest BCUT2D eigenvalue weighted by Crippen LogP contribution is -1.85. The first-order chi connectivity index (χ1) is 4.33. The Morgan fingerprint density at radius 2 is 2.30 bits per heavy atom. The van der Waals surface area contributed by atoms with Crippen LogP contribution in [0.15, 0.2) is 18.3 Å². The number of hydrogen-bond donors (Lipinski definition) is 0. The van der Waals surface area contributed by atoms with E-state index >= 15 is 0 Å². The second-order valence-electron chi connectivity index (χ2n) is 1.52. The van der Waals surface area contributed by atoms with Gasteiger partial charge in [0.25, 0.3) is 0 Å². The SMILES string of the molecule is COc1cc(I)ccn1.Cl. The van der Waals surface area contributed by atoms with Crippen LogP contribution in [0.2, 0.25) is 0 Å². The van der Waals surface area contributed by atoms with Gasteiger partial charge in [0, 0.05) is 15.8 Å². The Morgan fingerprint density at radius 3 is 2.70 bits per heavy atom. The topological polar surface area (TPSA) is 22.1 Å². The van der Waals surface area contributed by atoms with E-state index in [4.69, 9.17) is 4.74 Å². The van der Waals surface area contributed by atoms with Crippen LogP contribution in [0.4, 0.5) is 0 Å². The molecular formula is C6H7ClINO. The minimum absolute atomic E-state index is 0. The zero-order chi connectivity index (χ0) is 6.69. The molecule has 0 aliphatic rings. The predicted molar refractivity (Wildman–Crippen MR) is 50.8 cm³/mol. The molecule has 0 unspecified atom stereocenters. The third-order valence-corrected chi connectivity index (χ3v) is 1.58. The van der Waals surface area contributed by atoms with Crippen molar-refractivity contribution in [1.29, 1.82) is 0 Å². The molecule has 4 heteroatoms. The van der Waals surface area contributed by atoms with Crippen molar-refractivity contribution in [2.24, 2.45) is 0 Å². The molecule has 0 amide bonds. The third kappa shape index (κ3) is 2.70. The van der Waals surface area contributed by atoms with Gasteiger partial charge in [-0.3, -0.25) is 0 Å². The van der Waals surface area contributed by atoms with E-state index in [0.29, 0.717) is 5.88 Å². The summed E-state index contributed by atoms with van der Waals surface area (Å²) >= 11 is 2.21. The summed E-state index contributed by atoms with van der Waals surface area (Å²) in [5.41, 5.74) is 0. The van der Waals surface area contributed by atoms with Crippen LogP contribution in [0, 0.1) is 3.57 Å². The lowest BCUT2D eigenvalue weighted by Gasteiger charge is -1.95. The van der Waals surface area contributed by atoms with Crippen molar-refractivity contribution in [3.63, 3.8) is 0 Å². The van der Waals surface area contributed by atoms with Crippen LogP contribution >= 0.6 is 35.0 Å². The van der Waals surface area contributed by atoms with Gasteiger partial charge in [0.2, 0.25) is 5.88 Å². The minimum Gasteiger partial charge on any atom is -0.481 e. The highest BCUT2D eigenvalue weighted by Crippen LogP contribution is 2.09. The monoisotopic (exact) mass is 271 g/mol. The van der Waals surface area contributed by atoms with E-state index in [0.717, 1.165) is 3.57 Å². The Morgan fingerprint density at radius 1 is 1.60 bits per heavy atom. The Labute approximate surface area is 79.5 Å². The molecule has 0 saturated heterocycles. The molecule has 1 rings (SSSR count). The lowest BCUT2D eigenvalue weighted by molar-refractivity contribution is 0.397. The largest absolute Gasteiger partial charge is 0.481 e. The Hall–Kier alpha value is -0.0300. The quantitative estimate of drug-likeness (QED) is 0.730. The van der Waals surface area contributed by atoms with E-state index in [1.54, 1.807) is 13.3 Å². The molecule has 1 aromatic heterocycles. The molecule has 0 N–H and O–H groups in total. The lowest BCUT2D eigenvalue weighted by atomic mass is 10.5. The molecule has 0 fully saturated rings. The highest BCUT2D eigenvalue weighted by molar-refractivity contribution is 14.1. The Balaban J connectivity index is 0.000000810. The number of rotatable bonds is 1. The summed E-state index contributed by atoms with van der Waals surface area (Å²) in [6, 6.07) is 3.80. The van der Waals surface area contributed by atoms with Gasteiger partial charge in [-0.15, -0.1) is 12.4 Å². The molecule has 0 aromatic carbocycles. The number of hydrogen-bond acceptors (Lipinski definition) is 2. The Kier molecular flexibility index (Phi) is 4.72. The fraction of sp³-hybridized carbons (Fsp3) is 0.167. The van der Waals surface area contributed by atoms with Crippen LogP contribution in [0.5, 0.6) is 5.88 Å². The van der Waals surface area contributed by atoms with Crippen molar-refractivity contribution in [3.8, 4) is 5.88 Å². The highest BCUT2D eigenvalue weighted by atomic mass is 127. The first kappa shape index (κ1) is 9.97. The molecule has 2 nitrogen and oxygen atoms in total. The standard InChI is InChI=1S/C6H6INO.ClH/c1-9-6-4-5(7)2-3-8-6;/h2-4H,1H3;1H. The maximum atomic E-state index is 4.88. The van der Waals surface area contributed by atoms with Crippen molar-refractivity contribution >= 4 is 35.0 Å². The molecule has 0 spiro atoms. The fourth-order valence-electron chi connectivity index (χ4n) is 0.497. The van der Waals surface area contributed by atoms with Crippen molar-refractivity contribution in [2.75, 3.05) is 7.11 Å². The van der Waals surface area contributed by atoms with E-state index in [1.165, 1.54) is 0 Å². The van der Waals surface area contributed by atoms with Crippen LogP contribution in [-0.4, -0.2) is 12.1 Å². The predicted octanol–water partition coefficient (Wildman–Crippen LogP) is 2.12. The van der Waals surface area contributed by atoms with E-state index in [-0.39, 0.29) is 12.4 Å². The third-order valence-electron chi connectivity index (χ3n) is 0.906. The van der Waals surface area contributed by atoms with Crippen LogP contribution in [-0.2, 0) is 0 Å². The van der Waals surface area contributed by atoms with E-state index in [9.17, 15) is 0 Å². The van der Waals surface area contributed by atoms with Gasteiger partial charge in [0.15, 0.2) is 0 Å². The van der Waals surface area contributed by atoms with Crippen LogP contribution < -0.4 is 4.74 Å². The Bertz CT molecular complexity index is 207. The molecule has 10 heavy (non-hydrogen) atoms. The molecule has 56 valence electrons. The molecular weight excluding hydrogens is 264 g/mol. The van der Waals surface area contributed by atoms with Crippen LogP contribution in [0.3, 0.4) is 0 Å². The zero-order valence-corrected chi connectivity index (χ0v) is 8.35. The summed E-state index contributed by atoms with van der Waals surface area (Å²) in [5.74, 6) is 0.668. The number of nitrogens with zero attached hydrogens (tertiary/aromatic N) is 1. The van der Waals surface area contributed by atoms with Gasteiger partial charge in [-0.25, -0.2) is 4.98 Å². The fourth-order valence-corrected chi connectivity index (χ4v) is 0.924. The summed E-state index contributed by atoms with van der Waals surface area (Å²) in [5, 5.41) is 0. The second kappa shape index (κ2) is 4.73. The summed E-state index contributed by atoms with van der Waals surface area (Å²) in [6.45, 7) is 0. The molecule has 1 heterocycles. The summed E-state index contributed by atoms with van der Waals surface area (Å²) in [6.07, 6.45) is 1.72. The van der Waals surface area contributed by atoms with Crippen molar-refractivity contribution in [3.05, 3.63) is 21.9 Å². The first-order valence-electron chi connectivity index (χ1n) is 2.48. The normalized spacial score (nSPS) is 8.20. The van der Waals surface area contributed by atoms with Gasteiger partial charge >= 0.3 is 0 Å². The van der Waals surface area contributed by atoms with E-state index < -0.39 is 0 Å². The zero-order valence-electron chi connectivity index (χ0n) is 5.37. The second-order valence-corrected chi connectivity index (χ2v) is 2.76. The summed E-state index contributed by atoms with van der Waals surface area (Å²) in [4.78, 5) is 3.93. The molecule has 0 radical (unpaired) electrons. The van der Waals surface area contributed by atoms with Crippen molar-refractivity contribution in [2.45, 2.75) is 0 Å². The average Bonchev–Trinajstić information content (AvgIpc) is 1.88.